The van der Waals surface area contributed by atoms with E-state index in [-0.39, 0.29) is 18.7 Å². The van der Waals surface area contributed by atoms with Crippen LogP contribution in [0.4, 0.5) is 4.79 Å². The van der Waals surface area contributed by atoms with Crippen molar-refractivity contribution in [2.45, 2.75) is 78.0 Å². The monoisotopic (exact) mass is 559 g/mol. The number of nitrogens with zero attached hydrogens (tertiary/aromatic N) is 8. The summed E-state index contributed by atoms with van der Waals surface area (Å²) in [5.74, 6) is -0.466. The second-order valence-corrected chi connectivity index (χ2v) is 10.8. The molecule has 4 heterocycles. The van der Waals surface area contributed by atoms with Gasteiger partial charge in [0.2, 0.25) is 5.65 Å². The molecule has 1 aromatic carbocycles. The van der Waals surface area contributed by atoms with Gasteiger partial charge in [-0.15, -0.1) is 10.2 Å². The molecule has 1 fully saturated rings. The number of aryl methyl sites for hydroxylation is 3. The molecule has 4 aromatic rings. The zero-order valence-electron chi connectivity index (χ0n) is 23.2. The van der Waals surface area contributed by atoms with Gasteiger partial charge in [0.05, 0.1) is 16.6 Å². The molecule has 41 heavy (non-hydrogen) atoms. The first-order valence-electron chi connectivity index (χ1n) is 14.1. The summed E-state index contributed by atoms with van der Waals surface area (Å²) in [6, 6.07) is 6.48. The van der Waals surface area contributed by atoms with Crippen LogP contribution in [-0.2, 0) is 18.0 Å². The summed E-state index contributed by atoms with van der Waals surface area (Å²) < 4.78 is 3.69. The van der Waals surface area contributed by atoms with Crippen molar-refractivity contribution in [2.75, 3.05) is 6.54 Å². The SMILES string of the molecule is Cc1c(C)n2nnnc2c2nc(CON3C(=O)c4ccccc4C3=O)n(CCCCN(C(N)=O)C3CCCCC3)c12. The van der Waals surface area contributed by atoms with Crippen molar-refractivity contribution in [3.8, 4) is 0 Å². The molecule has 1 aliphatic heterocycles. The Bertz CT molecular complexity index is 1620. The minimum absolute atomic E-state index is 0.109. The van der Waals surface area contributed by atoms with Gasteiger partial charge in [0, 0.05) is 24.8 Å². The van der Waals surface area contributed by atoms with E-state index < -0.39 is 11.8 Å². The molecule has 0 atom stereocenters. The molecule has 3 aromatic heterocycles. The maximum Gasteiger partial charge on any atom is 0.315 e. The summed E-state index contributed by atoms with van der Waals surface area (Å²) >= 11 is 0. The van der Waals surface area contributed by atoms with Gasteiger partial charge >= 0.3 is 6.03 Å². The van der Waals surface area contributed by atoms with E-state index >= 15 is 0 Å². The van der Waals surface area contributed by atoms with Crippen molar-refractivity contribution in [3.63, 3.8) is 0 Å². The van der Waals surface area contributed by atoms with Gasteiger partial charge in [0.1, 0.15) is 17.9 Å². The van der Waals surface area contributed by atoms with Crippen LogP contribution in [0.1, 0.15) is 82.7 Å². The normalized spacial score (nSPS) is 15.8. The third-order valence-electron chi connectivity index (χ3n) is 8.35. The molecule has 2 aliphatic rings. The van der Waals surface area contributed by atoms with Crippen LogP contribution in [0.25, 0.3) is 16.7 Å². The Balaban J connectivity index is 1.26. The lowest BCUT2D eigenvalue weighted by atomic mass is 9.94. The van der Waals surface area contributed by atoms with Crippen LogP contribution in [0.2, 0.25) is 0 Å². The number of primary amides is 1. The van der Waals surface area contributed by atoms with Crippen LogP contribution in [0.3, 0.4) is 0 Å². The number of imide groups is 1. The van der Waals surface area contributed by atoms with Crippen molar-refractivity contribution >= 4 is 34.5 Å². The Morgan fingerprint density at radius 1 is 1.07 bits per heavy atom. The van der Waals surface area contributed by atoms with Gasteiger partial charge in [-0.25, -0.2) is 9.78 Å². The van der Waals surface area contributed by atoms with Crippen molar-refractivity contribution < 1.29 is 19.2 Å². The number of nitrogens with two attached hydrogens (primary N) is 1. The van der Waals surface area contributed by atoms with Gasteiger partial charge in [-0.05, 0) is 67.7 Å². The number of benzene rings is 1. The van der Waals surface area contributed by atoms with Gasteiger partial charge in [-0.3, -0.25) is 14.4 Å². The highest BCUT2D eigenvalue weighted by atomic mass is 16.7. The van der Waals surface area contributed by atoms with Gasteiger partial charge in [-0.1, -0.05) is 31.4 Å². The summed E-state index contributed by atoms with van der Waals surface area (Å²) in [7, 11) is 0. The van der Waals surface area contributed by atoms with E-state index in [9.17, 15) is 14.4 Å². The fourth-order valence-corrected chi connectivity index (χ4v) is 6.10. The lowest BCUT2D eigenvalue weighted by Gasteiger charge is -2.33. The highest BCUT2D eigenvalue weighted by Gasteiger charge is 2.37. The van der Waals surface area contributed by atoms with Crippen LogP contribution in [0.15, 0.2) is 24.3 Å². The lowest BCUT2D eigenvalue weighted by molar-refractivity contribution is -0.103. The van der Waals surface area contributed by atoms with Crippen LogP contribution < -0.4 is 5.73 Å². The summed E-state index contributed by atoms with van der Waals surface area (Å²) in [4.78, 5) is 50.4. The average molecular weight is 560 g/mol. The van der Waals surface area contributed by atoms with Crippen LogP contribution in [-0.4, -0.2) is 70.0 Å². The quantitative estimate of drug-likeness (QED) is 0.242. The Kier molecular flexibility index (Phi) is 7.12. The van der Waals surface area contributed by atoms with Gasteiger partial charge in [0.25, 0.3) is 11.8 Å². The highest BCUT2D eigenvalue weighted by Crippen LogP contribution is 2.29. The molecule has 0 spiro atoms. The average Bonchev–Trinajstić information content (AvgIpc) is 3.67. The number of aromatic nitrogens is 6. The number of amides is 4. The Morgan fingerprint density at radius 3 is 2.46 bits per heavy atom. The van der Waals surface area contributed by atoms with Crippen LogP contribution in [0, 0.1) is 13.8 Å². The number of hydrogen-bond acceptors (Lipinski definition) is 8. The summed E-state index contributed by atoms with van der Waals surface area (Å²) in [5, 5.41) is 12.9. The zero-order chi connectivity index (χ0) is 28.7. The highest BCUT2D eigenvalue weighted by molar-refractivity contribution is 6.20. The topological polar surface area (TPSA) is 154 Å². The standard InChI is InChI=1S/C28H33N9O4/c1-17-18(2)36-25(31-32-33-36)23-24(17)35(15-9-8-14-34(28(29)40)19-10-4-3-5-11-19)22(30-23)16-41-37-26(38)20-12-6-7-13-21(20)27(37)39/h6-7,12-13,19H,3-5,8-11,14-16H2,1-2H3,(H2,29,40). The number of pyridine rings is 1. The first-order valence-corrected chi connectivity index (χ1v) is 14.1. The zero-order valence-corrected chi connectivity index (χ0v) is 23.2. The minimum atomic E-state index is -0.501. The summed E-state index contributed by atoms with van der Waals surface area (Å²) in [5.41, 5.74) is 10.2. The van der Waals surface area contributed by atoms with E-state index in [0.29, 0.717) is 41.2 Å². The number of rotatable bonds is 9. The third-order valence-corrected chi connectivity index (χ3v) is 8.35. The summed E-state index contributed by atoms with van der Waals surface area (Å²) in [6.45, 7) is 4.99. The van der Waals surface area contributed by atoms with E-state index in [0.717, 1.165) is 60.4 Å². The van der Waals surface area contributed by atoms with E-state index in [2.05, 4.69) is 15.5 Å². The van der Waals surface area contributed by atoms with Crippen molar-refractivity contribution in [1.82, 2.24) is 39.6 Å². The Labute approximate surface area is 236 Å². The molecule has 13 nitrogen and oxygen atoms in total. The minimum Gasteiger partial charge on any atom is -0.351 e. The molecule has 0 radical (unpaired) electrons. The number of hydrogen-bond donors (Lipinski definition) is 1. The van der Waals surface area contributed by atoms with Gasteiger partial charge < -0.3 is 15.2 Å². The number of urea groups is 1. The van der Waals surface area contributed by atoms with E-state index in [4.69, 9.17) is 15.6 Å². The molecule has 13 heteroatoms. The Morgan fingerprint density at radius 2 is 1.78 bits per heavy atom. The van der Waals surface area contributed by atoms with Gasteiger partial charge in [0.15, 0.2) is 0 Å². The molecule has 0 saturated heterocycles. The Hall–Kier alpha value is -4.39. The maximum atomic E-state index is 12.9. The first-order chi connectivity index (χ1) is 19.9. The maximum absolute atomic E-state index is 12.9. The molecule has 1 aliphatic carbocycles. The molecular formula is C28H33N9O4. The molecule has 4 amide bonds. The molecule has 1 saturated carbocycles. The lowest BCUT2D eigenvalue weighted by Crippen LogP contribution is -2.45. The third kappa shape index (κ3) is 4.69. The number of carbonyl (C=O) groups excluding carboxylic acids is 3. The predicted octanol–water partition coefficient (Wildman–Crippen LogP) is 3.31. The number of unbranched alkanes of at least 4 members (excludes halogenated alkanes) is 1. The largest absolute Gasteiger partial charge is 0.351 e. The second kappa shape index (κ2) is 10.9. The number of imidazole rings is 1. The molecule has 6 rings (SSSR count). The fraction of sp³-hybridized carbons (Fsp3) is 0.464. The number of fused-ring (bicyclic) bond motifs is 4. The van der Waals surface area contributed by atoms with Gasteiger partial charge in [-0.2, -0.15) is 4.52 Å². The first kappa shape index (κ1) is 26.8. The molecule has 214 valence electrons. The molecule has 0 unspecified atom stereocenters. The van der Waals surface area contributed by atoms with E-state index in [1.165, 1.54) is 6.42 Å². The predicted molar refractivity (Wildman–Crippen MR) is 148 cm³/mol. The fourth-order valence-electron chi connectivity index (χ4n) is 6.10. The number of hydroxylamine groups is 2. The summed E-state index contributed by atoms with van der Waals surface area (Å²) in [6.07, 6.45) is 6.94. The second-order valence-electron chi connectivity index (χ2n) is 10.8. The van der Waals surface area contributed by atoms with Crippen molar-refractivity contribution in [3.05, 3.63) is 52.5 Å². The molecular weight excluding hydrogens is 526 g/mol. The molecule has 0 bridgehead atoms. The molecule has 2 N–H and O–H groups in total. The smallest absolute Gasteiger partial charge is 0.315 e. The van der Waals surface area contributed by atoms with E-state index in [1.54, 1.807) is 28.8 Å². The van der Waals surface area contributed by atoms with E-state index in [1.807, 2.05) is 23.3 Å². The van der Waals surface area contributed by atoms with Crippen LogP contribution >= 0.6 is 0 Å². The van der Waals surface area contributed by atoms with Crippen molar-refractivity contribution in [2.24, 2.45) is 5.73 Å². The number of carbonyl (C=O) groups is 3. The van der Waals surface area contributed by atoms with Crippen molar-refractivity contribution in [1.29, 1.82) is 0 Å². The number of tetrazole rings is 1. The van der Waals surface area contributed by atoms with Crippen LogP contribution in [0.5, 0.6) is 0 Å².